The van der Waals surface area contributed by atoms with Crippen molar-refractivity contribution in [1.29, 1.82) is 5.26 Å². The number of benzene rings is 1. The first-order valence-electron chi connectivity index (χ1n) is 8.50. The molecule has 4 rings (SSSR count). The van der Waals surface area contributed by atoms with Gasteiger partial charge in [0.15, 0.2) is 0 Å². The molecule has 1 N–H and O–H groups in total. The molecule has 6 heteroatoms. The molecule has 3 aliphatic rings. The Balaban J connectivity index is 1.41. The Kier molecular flexibility index (Phi) is 3.97. The Morgan fingerprint density at radius 1 is 1.44 bits per heavy atom. The molecule has 1 saturated carbocycles. The molecular weight excluding hydrogens is 334 g/mol. The topological polar surface area (TPSA) is 65.4 Å². The van der Waals surface area contributed by atoms with Crippen LogP contribution in [0.4, 0.5) is 10.5 Å². The number of carbonyl (C=O) groups excluding carboxylic acids is 1. The number of ether oxygens (including phenoxy) is 1. The van der Waals surface area contributed by atoms with Crippen molar-refractivity contribution < 1.29 is 9.53 Å². The highest BCUT2D eigenvalue weighted by atomic mass is 32.1. The van der Waals surface area contributed by atoms with Gasteiger partial charge in [-0.05, 0) is 48.4 Å². The first-order valence-corrected chi connectivity index (χ1v) is 8.91. The number of nitriles is 1. The van der Waals surface area contributed by atoms with E-state index in [0.717, 1.165) is 12.1 Å². The van der Waals surface area contributed by atoms with Gasteiger partial charge in [0.25, 0.3) is 0 Å². The molecule has 25 heavy (non-hydrogen) atoms. The molecule has 2 aliphatic carbocycles. The predicted molar refractivity (Wildman–Crippen MR) is 99.0 cm³/mol. The number of nitrogens with one attached hydrogen (secondary N) is 1. The Morgan fingerprint density at radius 3 is 2.80 bits per heavy atom. The van der Waals surface area contributed by atoms with Crippen molar-refractivity contribution >= 4 is 34.6 Å². The number of thiocarbonyl (C=S) groups is 1. The van der Waals surface area contributed by atoms with E-state index >= 15 is 0 Å². The fourth-order valence-electron chi connectivity index (χ4n) is 3.79. The molecule has 128 valence electrons. The van der Waals surface area contributed by atoms with E-state index in [-0.39, 0.29) is 18.1 Å². The lowest BCUT2D eigenvalue weighted by molar-refractivity contribution is 0.143. The molecule has 4 atom stereocenters. The van der Waals surface area contributed by atoms with E-state index in [9.17, 15) is 4.79 Å². The first-order chi connectivity index (χ1) is 12.1. The largest absolute Gasteiger partial charge is 0.442 e. The third-order valence-corrected chi connectivity index (χ3v) is 5.37. The van der Waals surface area contributed by atoms with E-state index in [2.05, 4.69) is 17.5 Å². The third-order valence-electron chi connectivity index (χ3n) is 5.23. The molecule has 3 unspecified atom stereocenters. The summed E-state index contributed by atoms with van der Waals surface area (Å²) in [7, 11) is 0. The molecule has 1 aromatic rings. The maximum absolute atomic E-state index is 12.1. The Bertz CT molecular complexity index is 796. The number of amides is 1. The first kappa shape index (κ1) is 16.1. The number of hydrogen-bond acceptors (Lipinski definition) is 4. The van der Waals surface area contributed by atoms with Crippen LogP contribution in [0.3, 0.4) is 0 Å². The van der Waals surface area contributed by atoms with Crippen molar-refractivity contribution in [2.45, 2.75) is 19.4 Å². The van der Waals surface area contributed by atoms with Crippen LogP contribution in [0.1, 0.15) is 18.9 Å². The van der Waals surface area contributed by atoms with Crippen molar-refractivity contribution in [2.75, 3.05) is 18.0 Å². The summed E-state index contributed by atoms with van der Waals surface area (Å²) in [4.78, 5) is 14.4. The summed E-state index contributed by atoms with van der Waals surface area (Å²) in [6.45, 7) is 2.86. The smallest absolute Gasteiger partial charge is 0.414 e. The molecule has 0 bridgehead atoms. The highest BCUT2D eigenvalue weighted by Gasteiger charge is 2.52. The number of hydrogen-bond donors (Lipinski definition) is 1. The molecule has 1 aromatic carbocycles. The minimum Gasteiger partial charge on any atom is -0.442 e. The number of rotatable bonds is 4. The van der Waals surface area contributed by atoms with Crippen LogP contribution in [0.5, 0.6) is 0 Å². The zero-order valence-corrected chi connectivity index (χ0v) is 14.8. The molecular formula is C19H19N3O2S. The number of fused-ring (bicyclic) bond motifs is 1. The van der Waals surface area contributed by atoms with Crippen molar-refractivity contribution in [3.05, 3.63) is 35.9 Å². The van der Waals surface area contributed by atoms with Crippen LogP contribution in [0.25, 0.3) is 5.57 Å². The maximum Gasteiger partial charge on any atom is 0.414 e. The molecule has 0 radical (unpaired) electrons. The summed E-state index contributed by atoms with van der Waals surface area (Å²) < 4.78 is 5.38. The van der Waals surface area contributed by atoms with Crippen molar-refractivity contribution in [3.63, 3.8) is 0 Å². The van der Waals surface area contributed by atoms with Crippen LogP contribution in [0.15, 0.2) is 30.3 Å². The number of cyclic esters (lactones) is 1. The van der Waals surface area contributed by atoms with Gasteiger partial charge in [0.1, 0.15) is 6.10 Å². The minimum absolute atomic E-state index is 0.197. The number of carbonyl (C=O) groups is 1. The fraction of sp³-hybridized carbons (Fsp3) is 0.421. The van der Waals surface area contributed by atoms with Gasteiger partial charge in [0, 0.05) is 5.69 Å². The summed E-state index contributed by atoms with van der Waals surface area (Å²) in [5.74, 6) is 1.20. The van der Waals surface area contributed by atoms with E-state index < -0.39 is 0 Å². The van der Waals surface area contributed by atoms with Gasteiger partial charge in [0.05, 0.1) is 30.1 Å². The lowest BCUT2D eigenvalue weighted by Gasteiger charge is -2.14. The van der Waals surface area contributed by atoms with Gasteiger partial charge in [-0.2, -0.15) is 5.26 Å². The van der Waals surface area contributed by atoms with Crippen LogP contribution >= 0.6 is 12.2 Å². The third kappa shape index (κ3) is 3.00. The van der Waals surface area contributed by atoms with Crippen LogP contribution in [-0.2, 0) is 4.74 Å². The van der Waals surface area contributed by atoms with E-state index in [0.29, 0.717) is 29.9 Å². The van der Waals surface area contributed by atoms with Crippen LogP contribution in [-0.4, -0.2) is 30.3 Å². The van der Waals surface area contributed by atoms with Crippen LogP contribution < -0.4 is 10.2 Å². The van der Waals surface area contributed by atoms with Crippen molar-refractivity contribution in [3.8, 4) is 6.07 Å². The van der Waals surface area contributed by atoms with Crippen molar-refractivity contribution in [2.24, 2.45) is 17.8 Å². The molecule has 2 fully saturated rings. The quantitative estimate of drug-likeness (QED) is 0.843. The summed E-state index contributed by atoms with van der Waals surface area (Å²) >= 11 is 4.99. The lowest BCUT2D eigenvalue weighted by atomic mass is 10.0. The zero-order chi connectivity index (χ0) is 17.6. The summed E-state index contributed by atoms with van der Waals surface area (Å²) in [5, 5.41) is 12.0. The molecule has 1 aliphatic heterocycles. The van der Waals surface area contributed by atoms with Crippen LogP contribution in [0, 0.1) is 29.1 Å². The predicted octanol–water partition coefficient (Wildman–Crippen LogP) is 3.12. The summed E-state index contributed by atoms with van der Waals surface area (Å²) in [5.41, 5.74) is 3.33. The maximum atomic E-state index is 12.1. The van der Waals surface area contributed by atoms with E-state index in [4.69, 9.17) is 22.2 Å². The Labute approximate surface area is 152 Å². The SMILES string of the molecule is CC(=S)NC[C@H]1CN(c2ccc(C3=CC4C(C#N)C4C3)cc2)C(=O)O1. The molecule has 5 nitrogen and oxygen atoms in total. The normalized spacial score (nSPS) is 29.5. The molecule has 0 spiro atoms. The van der Waals surface area contributed by atoms with Gasteiger partial charge in [-0.25, -0.2) is 4.79 Å². The number of anilines is 1. The molecule has 1 saturated heterocycles. The average molecular weight is 353 g/mol. The second kappa shape index (κ2) is 6.16. The number of nitrogens with zero attached hydrogens (tertiary/aromatic N) is 2. The second-order valence-electron chi connectivity index (χ2n) is 6.89. The van der Waals surface area contributed by atoms with Gasteiger partial charge in [-0.15, -0.1) is 0 Å². The zero-order valence-electron chi connectivity index (χ0n) is 13.9. The van der Waals surface area contributed by atoms with Gasteiger partial charge in [-0.3, -0.25) is 4.90 Å². The van der Waals surface area contributed by atoms with E-state index in [1.54, 1.807) is 4.90 Å². The highest BCUT2D eigenvalue weighted by molar-refractivity contribution is 7.80. The van der Waals surface area contributed by atoms with Crippen LogP contribution in [0.2, 0.25) is 0 Å². The van der Waals surface area contributed by atoms with E-state index in [1.165, 1.54) is 11.1 Å². The molecule has 1 amide bonds. The standard InChI is InChI=1S/C19H19N3O2S/c1-11(25)21-9-15-10-22(19(23)24-15)14-4-2-12(3-5-14)13-6-16-17(7-13)18(16)8-20/h2-6,15-18H,7,9-10H2,1H3,(H,21,25)/t15-,16?,17?,18?/m0/s1. The molecule has 1 heterocycles. The monoisotopic (exact) mass is 353 g/mol. The van der Waals surface area contributed by atoms with Gasteiger partial charge in [0.2, 0.25) is 0 Å². The average Bonchev–Trinajstić information content (AvgIpc) is 2.94. The molecule has 0 aromatic heterocycles. The van der Waals surface area contributed by atoms with E-state index in [1.807, 2.05) is 31.2 Å². The van der Waals surface area contributed by atoms with Gasteiger partial charge in [-0.1, -0.05) is 30.4 Å². The number of allylic oxidation sites excluding steroid dienone is 2. The van der Waals surface area contributed by atoms with Crippen molar-refractivity contribution in [1.82, 2.24) is 5.32 Å². The Hall–Kier alpha value is -2.39. The Morgan fingerprint density at radius 2 is 2.20 bits per heavy atom. The second-order valence-corrected chi connectivity index (χ2v) is 7.50. The summed E-state index contributed by atoms with van der Waals surface area (Å²) in [6.07, 6.45) is 2.71. The van der Waals surface area contributed by atoms with Gasteiger partial charge >= 0.3 is 6.09 Å². The highest BCUT2D eigenvalue weighted by Crippen LogP contribution is 2.57. The fourth-order valence-corrected chi connectivity index (χ4v) is 3.88. The minimum atomic E-state index is -0.320. The summed E-state index contributed by atoms with van der Waals surface area (Å²) in [6, 6.07) is 10.4. The lowest BCUT2D eigenvalue weighted by Crippen LogP contribution is -2.32. The van der Waals surface area contributed by atoms with Gasteiger partial charge < -0.3 is 10.1 Å².